The topological polar surface area (TPSA) is 58.2 Å². The van der Waals surface area contributed by atoms with Crippen LogP contribution in [0.4, 0.5) is 5.69 Å². The molecule has 1 fully saturated rings. The lowest BCUT2D eigenvalue weighted by molar-refractivity contribution is 0.571. The summed E-state index contributed by atoms with van der Waals surface area (Å²) in [5.41, 5.74) is 1.83. The molecule has 0 aromatic heterocycles. The summed E-state index contributed by atoms with van der Waals surface area (Å²) in [6.07, 6.45) is 4.71. The Hall–Kier alpha value is -1.07. The predicted octanol–water partition coefficient (Wildman–Crippen LogP) is 3.43. The summed E-state index contributed by atoms with van der Waals surface area (Å²) >= 11 is 0. The number of sulfonamides is 1. The van der Waals surface area contributed by atoms with Crippen LogP contribution in [-0.2, 0) is 10.0 Å². The molecule has 118 valence electrons. The van der Waals surface area contributed by atoms with Gasteiger partial charge in [-0.05, 0) is 50.4 Å². The van der Waals surface area contributed by atoms with E-state index in [0.717, 1.165) is 38.6 Å². The fourth-order valence-corrected chi connectivity index (χ4v) is 4.35. The van der Waals surface area contributed by atoms with E-state index in [1.165, 1.54) is 5.56 Å². The minimum absolute atomic E-state index is 0.220. The number of hydrogen-bond donors (Lipinski definition) is 2. The number of rotatable bonds is 7. The molecule has 0 radical (unpaired) electrons. The average Bonchev–Trinajstić information content (AvgIpc) is 3.00. The largest absolute Gasteiger partial charge is 0.310 e. The summed E-state index contributed by atoms with van der Waals surface area (Å²) in [7, 11) is -3.23. The van der Waals surface area contributed by atoms with E-state index in [4.69, 9.17) is 0 Å². The third-order valence-corrected chi connectivity index (χ3v) is 5.98. The lowest BCUT2D eigenvalue weighted by Gasteiger charge is -2.16. The summed E-state index contributed by atoms with van der Waals surface area (Å²) in [5, 5.41) is 3.20. The van der Waals surface area contributed by atoms with E-state index in [2.05, 4.69) is 23.9 Å². The molecule has 1 aliphatic rings. The highest BCUT2D eigenvalue weighted by Crippen LogP contribution is 2.26. The maximum atomic E-state index is 12.2. The second-order valence-electron chi connectivity index (χ2n) is 5.85. The van der Waals surface area contributed by atoms with Gasteiger partial charge in [0.1, 0.15) is 0 Å². The van der Waals surface area contributed by atoms with E-state index in [1.807, 2.05) is 24.3 Å². The molecule has 1 aliphatic carbocycles. The minimum Gasteiger partial charge on any atom is -0.310 e. The summed E-state index contributed by atoms with van der Waals surface area (Å²) in [6.45, 7) is 5.24. The fraction of sp³-hybridized carbons (Fsp3) is 0.625. The van der Waals surface area contributed by atoms with E-state index < -0.39 is 10.0 Å². The van der Waals surface area contributed by atoms with Gasteiger partial charge in [-0.1, -0.05) is 31.9 Å². The Labute approximate surface area is 128 Å². The van der Waals surface area contributed by atoms with E-state index in [0.29, 0.717) is 5.69 Å². The molecule has 0 aliphatic heterocycles. The molecule has 1 unspecified atom stereocenters. The van der Waals surface area contributed by atoms with Crippen LogP contribution < -0.4 is 10.0 Å². The molecule has 21 heavy (non-hydrogen) atoms. The summed E-state index contributed by atoms with van der Waals surface area (Å²) in [4.78, 5) is 0. The number of anilines is 1. The van der Waals surface area contributed by atoms with Gasteiger partial charge in [0.15, 0.2) is 0 Å². The van der Waals surface area contributed by atoms with Gasteiger partial charge in [-0.3, -0.25) is 4.72 Å². The molecule has 5 heteroatoms. The maximum Gasteiger partial charge on any atom is 0.235 e. The third-order valence-electron chi connectivity index (χ3n) is 4.11. The molecule has 1 saturated carbocycles. The molecule has 1 atom stereocenters. The van der Waals surface area contributed by atoms with Gasteiger partial charge in [0.2, 0.25) is 10.0 Å². The highest BCUT2D eigenvalue weighted by Gasteiger charge is 2.28. The average molecular weight is 310 g/mol. The first-order chi connectivity index (χ1) is 10.0. The van der Waals surface area contributed by atoms with Crippen molar-refractivity contribution in [3.8, 4) is 0 Å². The van der Waals surface area contributed by atoms with Crippen molar-refractivity contribution in [2.75, 3.05) is 11.3 Å². The summed E-state index contributed by atoms with van der Waals surface area (Å²) in [5.74, 6) is 0. The van der Waals surface area contributed by atoms with Crippen LogP contribution in [0.1, 0.15) is 57.6 Å². The molecule has 4 nitrogen and oxygen atoms in total. The second-order valence-corrected chi connectivity index (χ2v) is 7.81. The lowest BCUT2D eigenvalue weighted by atomic mass is 10.1. The lowest BCUT2D eigenvalue weighted by Crippen LogP contribution is -2.25. The van der Waals surface area contributed by atoms with E-state index in [-0.39, 0.29) is 11.3 Å². The Morgan fingerprint density at radius 1 is 1.19 bits per heavy atom. The van der Waals surface area contributed by atoms with Crippen LogP contribution in [0, 0.1) is 0 Å². The van der Waals surface area contributed by atoms with Crippen molar-refractivity contribution in [1.82, 2.24) is 5.32 Å². The van der Waals surface area contributed by atoms with E-state index >= 15 is 0 Å². The molecule has 0 amide bonds. The van der Waals surface area contributed by atoms with Crippen molar-refractivity contribution >= 4 is 15.7 Å². The van der Waals surface area contributed by atoms with Crippen LogP contribution in [-0.4, -0.2) is 20.2 Å². The molecule has 0 saturated heterocycles. The standard InChI is InChI=1S/C16H26N2O2S/c1-3-12-17-13(2)14-8-10-15(11-9-14)18-21(19,20)16-6-4-5-7-16/h8-11,13,16-18H,3-7,12H2,1-2H3. The molecule has 1 aromatic rings. The van der Waals surface area contributed by atoms with Gasteiger partial charge in [0, 0.05) is 11.7 Å². The zero-order valence-electron chi connectivity index (χ0n) is 12.9. The Morgan fingerprint density at radius 3 is 2.38 bits per heavy atom. The molecule has 0 bridgehead atoms. The Balaban J connectivity index is 1.98. The molecule has 1 aromatic carbocycles. The Morgan fingerprint density at radius 2 is 1.81 bits per heavy atom. The first kappa shape index (κ1) is 16.3. The first-order valence-corrected chi connectivity index (χ1v) is 9.42. The quantitative estimate of drug-likeness (QED) is 0.811. The molecular weight excluding hydrogens is 284 g/mol. The number of nitrogens with one attached hydrogen (secondary N) is 2. The highest BCUT2D eigenvalue weighted by atomic mass is 32.2. The highest BCUT2D eigenvalue weighted by molar-refractivity contribution is 7.93. The van der Waals surface area contributed by atoms with Gasteiger partial charge < -0.3 is 5.32 Å². The first-order valence-electron chi connectivity index (χ1n) is 7.88. The second kappa shape index (κ2) is 7.27. The van der Waals surface area contributed by atoms with Crippen LogP contribution in [0.3, 0.4) is 0 Å². The normalized spacial score (nSPS) is 17.8. The summed E-state index contributed by atoms with van der Waals surface area (Å²) in [6, 6.07) is 7.96. The van der Waals surface area contributed by atoms with Crippen molar-refractivity contribution in [2.45, 2.75) is 57.2 Å². The van der Waals surface area contributed by atoms with Crippen LogP contribution in [0.2, 0.25) is 0 Å². The monoisotopic (exact) mass is 310 g/mol. The summed E-state index contributed by atoms with van der Waals surface area (Å²) < 4.78 is 27.2. The fourth-order valence-electron chi connectivity index (χ4n) is 2.76. The van der Waals surface area contributed by atoms with Crippen molar-refractivity contribution in [1.29, 1.82) is 0 Å². The molecular formula is C16H26N2O2S. The predicted molar refractivity (Wildman–Crippen MR) is 87.9 cm³/mol. The zero-order valence-corrected chi connectivity index (χ0v) is 13.7. The number of hydrogen-bond acceptors (Lipinski definition) is 3. The SMILES string of the molecule is CCCNC(C)c1ccc(NS(=O)(=O)C2CCCC2)cc1. The molecule has 2 rings (SSSR count). The van der Waals surface area contributed by atoms with Gasteiger partial charge in [-0.15, -0.1) is 0 Å². The Kier molecular flexibility index (Phi) is 5.65. The van der Waals surface area contributed by atoms with Gasteiger partial charge >= 0.3 is 0 Å². The minimum atomic E-state index is -3.23. The van der Waals surface area contributed by atoms with Crippen LogP contribution >= 0.6 is 0 Å². The Bertz CT molecular complexity index is 534. The van der Waals surface area contributed by atoms with Gasteiger partial charge in [0.05, 0.1) is 5.25 Å². The number of benzene rings is 1. The van der Waals surface area contributed by atoms with Gasteiger partial charge in [0.25, 0.3) is 0 Å². The van der Waals surface area contributed by atoms with Crippen molar-refractivity contribution in [3.05, 3.63) is 29.8 Å². The third kappa shape index (κ3) is 4.45. The molecule has 0 spiro atoms. The van der Waals surface area contributed by atoms with Gasteiger partial charge in [-0.2, -0.15) is 0 Å². The maximum absolute atomic E-state index is 12.2. The van der Waals surface area contributed by atoms with Gasteiger partial charge in [-0.25, -0.2) is 8.42 Å². The molecule has 2 N–H and O–H groups in total. The van der Waals surface area contributed by atoms with Crippen LogP contribution in [0.25, 0.3) is 0 Å². The van der Waals surface area contributed by atoms with Crippen molar-refractivity contribution < 1.29 is 8.42 Å². The smallest absolute Gasteiger partial charge is 0.235 e. The van der Waals surface area contributed by atoms with E-state index in [1.54, 1.807) is 0 Å². The van der Waals surface area contributed by atoms with Crippen molar-refractivity contribution in [3.63, 3.8) is 0 Å². The van der Waals surface area contributed by atoms with Crippen LogP contribution in [0.15, 0.2) is 24.3 Å². The van der Waals surface area contributed by atoms with E-state index in [9.17, 15) is 8.42 Å². The zero-order chi connectivity index (χ0) is 15.3. The van der Waals surface area contributed by atoms with Crippen molar-refractivity contribution in [2.24, 2.45) is 0 Å². The molecule has 0 heterocycles. The van der Waals surface area contributed by atoms with Crippen LogP contribution in [0.5, 0.6) is 0 Å².